The van der Waals surface area contributed by atoms with E-state index in [2.05, 4.69) is 16.0 Å². The third-order valence-electron chi connectivity index (χ3n) is 8.16. The van der Waals surface area contributed by atoms with Gasteiger partial charge in [0, 0.05) is 49.3 Å². The zero-order valence-electron chi connectivity index (χ0n) is 24.0. The minimum absolute atomic E-state index is 0.0269. The second-order valence-corrected chi connectivity index (χ2v) is 11.3. The molecule has 2 heterocycles. The molecule has 8 nitrogen and oxygen atoms in total. The van der Waals surface area contributed by atoms with E-state index in [9.17, 15) is 19.5 Å². The minimum Gasteiger partial charge on any atom is -0.507 e. The van der Waals surface area contributed by atoms with Gasteiger partial charge in [0.25, 0.3) is 11.8 Å². The van der Waals surface area contributed by atoms with Crippen molar-refractivity contribution in [2.75, 3.05) is 39.3 Å². The molecule has 3 amide bonds. The molecule has 0 saturated carbocycles. The third kappa shape index (κ3) is 7.56. The summed E-state index contributed by atoms with van der Waals surface area (Å²) in [5, 5.41) is 19.9. The van der Waals surface area contributed by atoms with Crippen LogP contribution in [0.5, 0.6) is 5.75 Å². The maximum atomic E-state index is 13.8. The lowest BCUT2D eigenvalue weighted by Crippen LogP contribution is -2.36. The van der Waals surface area contributed by atoms with Gasteiger partial charge < -0.3 is 26.0 Å². The SMILES string of the molecule is O=C1CCCN(C(=O)c2ccccc2CC2CCNC2)CCCNC(=O)c2cccc(c2)-c2cc(ccc2O)CCN1. The normalized spacial score (nSPS) is 18.8. The Kier molecular flexibility index (Phi) is 9.87. The van der Waals surface area contributed by atoms with Crippen molar-refractivity contribution in [1.29, 1.82) is 0 Å². The first-order valence-corrected chi connectivity index (χ1v) is 15.0. The number of fused-ring (bicyclic) bond motifs is 5. The number of phenols is 1. The Balaban J connectivity index is 1.33. The van der Waals surface area contributed by atoms with Crippen LogP contribution in [0.3, 0.4) is 0 Å². The van der Waals surface area contributed by atoms with E-state index in [0.717, 1.165) is 48.2 Å². The molecule has 1 fully saturated rings. The molecule has 1 atom stereocenters. The van der Waals surface area contributed by atoms with Crippen LogP contribution in [0, 0.1) is 5.92 Å². The summed E-state index contributed by atoms with van der Waals surface area (Å²) in [6.07, 6.45) is 4.03. The summed E-state index contributed by atoms with van der Waals surface area (Å²) >= 11 is 0. The third-order valence-corrected chi connectivity index (χ3v) is 8.16. The first-order valence-electron chi connectivity index (χ1n) is 15.0. The highest BCUT2D eigenvalue weighted by Crippen LogP contribution is 2.31. The molecule has 8 heteroatoms. The van der Waals surface area contributed by atoms with E-state index in [1.807, 2.05) is 47.4 Å². The number of hydrogen-bond acceptors (Lipinski definition) is 5. The highest BCUT2D eigenvalue weighted by Gasteiger charge is 2.22. The number of benzene rings is 3. The van der Waals surface area contributed by atoms with Crippen LogP contribution in [0.4, 0.5) is 0 Å². The van der Waals surface area contributed by atoms with Gasteiger partial charge in [0.1, 0.15) is 5.75 Å². The van der Waals surface area contributed by atoms with Crippen LogP contribution in [-0.4, -0.2) is 67.0 Å². The Morgan fingerprint density at radius 3 is 2.55 bits per heavy atom. The Morgan fingerprint density at radius 2 is 1.69 bits per heavy atom. The van der Waals surface area contributed by atoms with Crippen molar-refractivity contribution >= 4 is 17.7 Å². The lowest BCUT2D eigenvalue weighted by atomic mass is 9.94. The van der Waals surface area contributed by atoms with Crippen molar-refractivity contribution in [3.8, 4) is 16.9 Å². The molecular formula is C34H40N4O4. The molecule has 0 spiro atoms. The molecule has 3 aromatic carbocycles. The van der Waals surface area contributed by atoms with E-state index >= 15 is 0 Å². The predicted molar refractivity (Wildman–Crippen MR) is 163 cm³/mol. The lowest BCUT2D eigenvalue weighted by molar-refractivity contribution is -0.121. The molecule has 2 aliphatic rings. The maximum Gasteiger partial charge on any atom is 0.254 e. The van der Waals surface area contributed by atoms with Crippen LogP contribution in [-0.2, 0) is 17.6 Å². The lowest BCUT2D eigenvalue weighted by Gasteiger charge is -2.24. The van der Waals surface area contributed by atoms with E-state index in [4.69, 9.17) is 0 Å². The first-order chi connectivity index (χ1) is 20.5. The van der Waals surface area contributed by atoms with E-state index < -0.39 is 0 Å². The molecule has 2 aliphatic heterocycles. The molecule has 0 radical (unpaired) electrons. The van der Waals surface area contributed by atoms with Gasteiger partial charge in [-0.3, -0.25) is 14.4 Å². The van der Waals surface area contributed by atoms with Gasteiger partial charge in [-0.1, -0.05) is 36.4 Å². The number of nitrogens with one attached hydrogen (secondary N) is 3. The second-order valence-electron chi connectivity index (χ2n) is 11.3. The number of hydrogen-bond donors (Lipinski definition) is 4. The Labute approximate surface area is 247 Å². The van der Waals surface area contributed by atoms with Crippen molar-refractivity contribution in [3.63, 3.8) is 0 Å². The molecule has 220 valence electrons. The fraction of sp³-hybridized carbons (Fsp3) is 0.382. The summed E-state index contributed by atoms with van der Waals surface area (Å²) in [4.78, 5) is 41.3. The quantitative estimate of drug-likeness (QED) is 0.383. The molecule has 42 heavy (non-hydrogen) atoms. The van der Waals surface area contributed by atoms with Crippen LogP contribution in [0.25, 0.3) is 11.1 Å². The summed E-state index contributed by atoms with van der Waals surface area (Å²) in [6.45, 7) is 3.79. The largest absolute Gasteiger partial charge is 0.507 e. The van der Waals surface area contributed by atoms with Crippen molar-refractivity contribution in [1.82, 2.24) is 20.9 Å². The molecule has 3 aromatic rings. The fourth-order valence-electron chi connectivity index (χ4n) is 5.83. The zero-order valence-corrected chi connectivity index (χ0v) is 24.0. The Bertz CT molecular complexity index is 1420. The highest BCUT2D eigenvalue weighted by atomic mass is 16.3. The number of amides is 3. The molecular weight excluding hydrogens is 528 g/mol. The van der Waals surface area contributed by atoms with Gasteiger partial charge in [0.15, 0.2) is 0 Å². The van der Waals surface area contributed by atoms with Crippen molar-refractivity contribution in [2.45, 2.75) is 38.5 Å². The monoisotopic (exact) mass is 568 g/mol. The highest BCUT2D eigenvalue weighted by molar-refractivity contribution is 5.96. The zero-order chi connectivity index (χ0) is 29.3. The summed E-state index contributed by atoms with van der Waals surface area (Å²) < 4.78 is 0. The van der Waals surface area contributed by atoms with E-state index in [1.165, 1.54) is 0 Å². The van der Waals surface area contributed by atoms with E-state index in [1.54, 1.807) is 24.3 Å². The van der Waals surface area contributed by atoms with Gasteiger partial charge in [-0.15, -0.1) is 0 Å². The van der Waals surface area contributed by atoms with Crippen molar-refractivity contribution in [3.05, 3.63) is 89.0 Å². The molecule has 5 rings (SSSR count). The minimum atomic E-state index is -0.200. The van der Waals surface area contributed by atoms with Crippen molar-refractivity contribution in [2.24, 2.45) is 5.92 Å². The van der Waals surface area contributed by atoms with Gasteiger partial charge in [-0.2, -0.15) is 0 Å². The number of phenolic OH excluding ortho intramolecular Hbond substituents is 1. The number of aromatic hydroxyl groups is 1. The first kappa shape index (κ1) is 29.3. The van der Waals surface area contributed by atoms with Crippen molar-refractivity contribution < 1.29 is 19.5 Å². The molecule has 4 bridgehead atoms. The van der Waals surface area contributed by atoms with Crippen LogP contribution in [0.2, 0.25) is 0 Å². The Morgan fingerprint density at radius 1 is 0.857 bits per heavy atom. The van der Waals surface area contributed by atoms with Crippen LogP contribution in [0.1, 0.15) is 57.5 Å². The fourth-order valence-corrected chi connectivity index (χ4v) is 5.83. The van der Waals surface area contributed by atoms with Crippen LogP contribution < -0.4 is 16.0 Å². The second kappa shape index (κ2) is 14.1. The number of carbonyl (C=O) groups is 3. The summed E-state index contributed by atoms with van der Waals surface area (Å²) in [7, 11) is 0. The van der Waals surface area contributed by atoms with Gasteiger partial charge >= 0.3 is 0 Å². The number of carbonyl (C=O) groups excluding carboxylic acids is 3. The summed E-state index contributed by atoms with van der Waals surface area (Å²) in [6, 6.07) is 20.4. The molecule has 1 unspecified atom stereocenters. The molecule has 0 aliphatic carbocycles. The van der Waals surface area contributed by atoms with E-state index in [0.29, 0.717) is 68.9 Å². The van der Waals surface area contributed by atoms with Gasteiger partial charge in [0.05, 0.1) is 0 Å². The number of nitrogens with zero attached hydrogens (tertiary/aromatic N) is 1. The van der Waals surface area contributed by atoms with Gasteiger partial charge in [-0.05, 0) is 98.1 Å². The smallest absolute Gasteiger partial charge is 0.254 e. The van der Waals surface area contributed by atoms with Gasteiger partial charge in [-0.25, -0.2) is 0 Å². The summed E-state index contributed by atoms with van der Waals surface area (Å²) in [5.74, 6) is 0.382. The summed E-state index contributed by atoms with van der Waals surface area (Å²) in [5.41, 5.74) is 4.65. The Hall–Kier alpha value is -4.17. The average molecular weight is 569 g/mol. The van der Waals surface area contributed by atoms with Gasteiger partial charge in [0.2, 0.25) is 5.91 Å². The number of rotatable bonds is 3. The standard InChI is InChI=1S/C34H40N4O4/c39-31-12-11-24-14-17-36-32(40)10-4-18-38(34(42)29-9-2-1-6-26(29)20-25-13-16-35-23-25)19-5-15-37-33(41)28-8-3-7-27(22-28)30(31)21-24/h1-3,6-9,11-12,21-22,25,35,39H,4-5,10,13-20,23H2,(H,36,40)(H,37,41). The van der Waals surface area contributed by atoms with E-state index in [-0.39, 0.29) is 23.5 Å². The molecule has 4 N–H and O–H groups in total. The molecule has 0 aromatic heterocycles. The maximum absolute atomic E-state index is 13.8. The average Bonchev–Trinajstić information content (AvgIpc) is 3.52. The molecule has 1 saturated heterocycles. The predicted octanol–water partition coefficient (Wildman–Crippen LogP) is 3.93. The topological polar surface area (TPSA) is 111 Å². The van der Waals surface area contributed by atoms with Crippen LogP contribution in [0.15, 0.2) is 66.7 Å². The van der Waals surface area contributed by atoms with Crippen LogP contribution >= 0.6 is 0 Å².